The lowest BCUT2D eigenvalue weighted by molar-refractivity contribution is -0.160. The Balaban J connectivity index is 3.11. The van der Waals surface area contributed by atoms with E-state index < -0.39 is 5.60 Å². The SMILES string of the molecule is CCc1ccccc1C(C(=O)OC(C)(C)C)N(C)C. The second-order valence-electron chi connectivity index (χ2n) is 5.95. The maximum atomic E-state index is 12.4. The summed E-state index contributed by atoms with van der Waals surface area (Å²) in [5, 5.41) is 0. The van der Waals surface area contributed by atoms with Gasteiger partial charge in [-0.15, -0.1) is 0 Å². The zero-order chi connectivity index (χ0) is 14.6. The molecule has 0 amide bonds. The average Bonchev–Trinajstić information content (AvgIpc) is 2.26. The number of nitrogens with zero attached hydrogens (tertiary/aromatic N) is 1. The summed E-state index contributed by atoms with van der Waals surface area (Å²) in [6, 6.07) is 7.69. The van der Waals surface area contributed by atoms with Crippen molar-refractivity contribution >= 4 is 5.97 Å². The van der Waals surface area contributed by atoms with Crippen LogP contribution in [0.4, 0.5) is 0 Å². The van der Waals surface area contributed by atoms with Gasteiger partial charge in [-0.3, -0.25) is 4.90 Å². The smallest absolute Gasteiger partial charge is 0.328 e. The molecule has 0 saturated carbocycles. The highest BCUT2D eigenvalue weighted by molar-refractivity contribution is 5.78. The van der Waals surface area contributed by atoms with Crippen LogP contribution in [0.3, 0.4) is 0 Å². The molecule has 0 aliphatic carbocycles. The Morgan fingerprint density at radius 3 is 2.32 bits per heavy atom. The van der Waals surface area contributed by atoms with E-state index in [9.17, 15) is 4.79 Å². The summed E-state index contributed by atoms with van der Waals surface area (Å²) in [5.41, 5.74) is 1.75. The molecule has 0 fully saturated rings. The molecule has 0 saturated heterocycles. The van der Waals surface area contributed by atoms with Crippen molar-refractivity contribution in [1.82, 2.24) is 4.90 Å². The molecule has 0 spiro atoms. The van der Waals surface area contributed by atoms with Gasteiger partial charge in [0.25, 0.3) is 0 Å². The normalized spacial score (nSPS) is 13.4. The van der Waals surface area contributed by atoms with Crippen molar-refractivity contribution in [3.63, 3.8) is 0 Å². The van der Waals surface area contributed by atoms with E-state index in [4.69, 9.17) is 4.74 Å². The van der Waals surface area contributed by atoms with Gasteiger partial charge >= 0.3 is 5.97 Å². The Labute approximate surface area is 116 Å². The van der Waals surface area contributed by atoms with Crippen molar-refractivity contribution in [1.29, 1.82) is 0 Å². The monoisotopic (exact) mass is 263 g/mol. The number of ether oxygens (including phenoxy) is 1. The van der Waals surface area contributed by atoms with E-state index in [1.165, 1.54) is 5.56 Å². The number of esters is 1. The maximum Gasteiger partial charge on any atom is 0.328 e. The van der Waals surface area contributed by atoms with E-state index >= 15 is 0 Å². The molecular formula is C16H25NO2. The highest BCUT2D eigenvalue weighted by Crippen LogP contribution is 2.26. The summed E-state index contributed by atoms with van der Waals surface area (Å²) in [4.78, 5) is 14.3. The first kappa shape index (κ1) is 15.7. The van der Waals surface area contributed by atoms with Crippen LogP contribution >= 0.6 is 0 Å². The third kappa shape index (κ3) is 4.35. The van der Waals surface area contributed by atoms with Crippen molar-refractivity contribution in [2.24, 2.45) is 0 Å². The minimum Gasteiger partial charge on any atom is -0.459 e. The van der Waals surface area contributed by atoms with Crippen LogP contribution in [-0.2, 0) is 16.0 Å². The predicted molar refractivity (Wildman–Crippen MR) is 78.1 cm³/mol. The summed E-state index contributed by atoms with van der Waals surface area (Å²) in [7, 11) is 3.81. The Bertz CT molecular complexity index is 433. The molecule has 0 radical (unpaired) electrons. The van der Waals surface area contributed by atoms with Crippen molar-refractivity contribution in [3.8, 4) is 0 Å². The first-order chi connectivity index (χ1) is 8.76. The van der Waals surface area contributed by atoms with E-state index in [0.29, 0.717) is 0 Å². The highest BCUT2D eigenvalue weighted by Gasteiger charge is 2.29. The molecule has 0 heterocycles. The first-order valence-electron chi connectivity index (χ1n) is 6.73. The second kappa shape index (κ2) is 6.20. The van der Waals surface area contributed by atoms with E-state index in [2.05, 4.69) is 13.0 Å². The molecule has 0 bridgehead atoms. The lowest BCUT2D eigenvalue weighted by Crippen LogP contribution is -2.35. The first-order valence-corrected chi connectivity index (χ1v) is 6.73. The number of hydrogen-bond donors (Lipinski definition) is 0. The number of rotatable bonds is 4. The van der Waals surface area contributed by atoms with Crippen molar-refractivity contribution in [2.75, 3.05) is 14.1 Å². The molecule has 19 heavy (non-hydrogen) atoms. The molecule has 0 aliphatic rings. The fraction of sp³-hybridized carbons (Fsp3) is 0.562. The zero-order valence-corrected chi connectivity index (χ0v) is 12.9. The van der Waals surface area contributed by atoms with Crippen LogP contribution in [0.2, 0.25) is 0 Å². The summed E-state index contributed by atoms with van der Waals surface area (Å²) in [5.74, 6) is -0.196. The van der Waals surface area contributed by atoms with E-state index in [-0.39, 0.29) is 12.0 Å². The van der Waals surface area contributed by atoms with Gasteiger partial charge in [-0.2, -0.15) is 0 Å². The Morgan fingerprint density at radius 2 is 1.84 bits per heavy atom. The Morgan fingerprint density at radius 1 is 1.26 bits per heavy atom. The number of carbonyl (C=O) groups excluding carboxylic acids is 1. The van der Waals surface area contributed by atoms with Gasteiger partial charge in [0.15, 0.2) is 0 Å². The van der Waals surface area contributed by atoms with Crippen LogP contribution < -0.4 is 0 Å². The van der Waals surface area contributed by atoms with Crippen LogP contribution in [0.25, 0.3) is 0 Å². The molecule has 106 valence electrons. The second-order valence-corrected chi connectivity index (χ2v) is 5.95. The van der Waals surface area contributed by atoms with Crippen molar-refractivity contribution in [3.05, 3.63) is 35.4 Å². The lowest BCUT2D eigenvalue weighted by atomic mass is 9.97. The lowest BCUT2D eigenvalue weighted by Gasteiger charge is -2.29. The molecule has 0 aromatic heterocycles. The zero-order valence-electron chi connectivity index (χ0n) is 12.9. The molecule has 3 nitrogen and oxygen atoms in total. The summed E-state index contributed by atoms with van der Waals surface area (Å²) >= 11 is 0. The van der Waals surface area contributed by atoms with Crippen LogP contribution in [0, 0.1) is 0 Å². The van der Waals surface area contributed by atoms with Gasteiger partial charge in [0.1, 0.15) is 11.6 Å². The van der Waals surface area contributed by atoms with Gasteiger partial charge < -0.3 is 4.74 Å². The number of likely N-dealkylation sites (N-methyl/N-ethyl adjacent to an activating group) is 1. The molecule has 0 N–H and O–H groups in total. The molecule has 1 unspecified atom stereocenters. The Hall–Kier alpha value is -1.35. The fourth-order valence-electron chi connectivity index (χ4n) is 2.10. The largest absolute Gasteiger partial charge is 0.459 e. The van der Waals surface area contributed by atoms with Gasteiger partial charge in [0.05, 0.1) is 0 Å². The molecule has 0 aliphatic heterocycles. The van der Waals surface area contributed by atoms with E-state index in [0.717, 1.165) is 12.0 Å². The summed E-state index contributed by atoms with van der Waals surface area (Å²) < 4.78 is 5.53. The third-order valence-electron chi connectivity index (χ3n) is 2.88. The number of aryl methyl sites for hydroxylation is 1. The summed E-state index contributed by atoms with van der Waals surface area (Å²) in [6.07, 6.45) is 0.906. The molecule has 3 heteroatoms. The van der Waals surface area contributed by atoms with E-state index in [1.807, 2.05) is 58.0 Å². The van der Waals surface area contributed by atoms with Crippen molar-refractivity contribution in [2.45, 2.75) is 45.8 Å². The van der Waals surface area contributed by atoms with Gasteiger partial charge in [-0.1, -0.05) is 31.2 Å². The topological polar surface area (TPSA) is 29.5 Å². The van der Waals surface area contributed by atoms with Crippen LogP contribution in [0.15, 0.2) is 24.3 Å². The predicted octanol–water partition coefficient (Wildman–Crippen LogP) is 3.19. The minimum absolute atomic E-state index is 0.196. The van der Waals surface area contributed by atoms with Gasteiger partial charge in [-0.05, 0) is 52.4 Å². The minimum atomic E-state index is -0.466. The number of hydrogen-bond acceptors (Lipinski definition) is 3. The fourth-order valence-corrected chi connectivity index (χ4v) is 2.10. The van der Waals surface area contributed by atoms with Gasteiger partial charge in [0.2, 0.25) is 0 Å². The third-order valence-corrected chi connectivity index (χ3v) is 2.88. The van der Waals surface area contributed by atoms with Crippen LogP contribution in [0.1, 0.15) is 44.9 Å². The van der Waals surface area contributed by atoms with Gasteiger partial charge in [0, 0.05) is 0 Å². The maximum absolute atomic E-state index is 12.4. The number of benzene rings is 1. The molecule has 1 atom stereocenters. The van der Waals surface area contributed by atoms with E-state index in [1.54, 1.807) is 0 Å². The van der Waals surface area contributed by atoms with Gasteiger partial charge in [-0.25, -0.2) is 4.79 Å². The van der Waals surface area contributed by atoms with Crippen LogP contribution in [-0.4, -0.2) is 30.6 Å². The summed E-state index contributed by atoms with van der Waals surface area (Å²) in [6.45, 7) is 7.77. The average molecular weight is 263 g/mol. The standard InChI is InChI=1S/C16H25NO2/c1-7-12-10-8-9-11-13(12)14(17(5)6)15(18)19-16(2,3)4/h8-11,14H,7H2,1-6H3. The van der Waals surface area contributed by atoms with Crippen LogP contribution in [0.5, 0.6) is 0 Å². The van der Waals surface area contributed by atoms with Crippen molar-refractivity contribution < 1.29 is 9.53 Å². The molecule has 1 aromatic carbocycles. The number of carbonyl (C=O) groups is 1. The quantitative estimate of drug-likeness (QED) is 0.781. The molecular weight excluding hydrogens is 238 g/mol. The highest BCUT2D eigenvalue weighted by atomic mass is 16.6. The molecule has 1 rings (SSSR count). The Kier molecular flexibility index (Phi) is 5.12. The molecule has 1 aromatic rings.